The normalized spacial score (nSPS) is 10.5. The second-order valence-electron chi connectivity index (χ2n) is 8.04. The van der Waals surface area contributed by atoms with Crippen molar-refractivity contribution < 1.29 is 38.1 Å². The molecule has 1 heterocycles. The van der Waals surface area contributed by atoms with Gasteiger partial charge in [0.25, 0.3) is 5.91 Å². The zero-order valence-corrected chi connectivity index (χ0v) is 21.9. The van der Waals surface area contributed by atoms with E-state index < -0.39 is 24.5 Å². The van der Waals surface area contributed by atoms with E-state index in [-0.39, 0.29) is 55.5 Å². The number of carbonyl (C=O) groups excluding carboxylic acids is 4. The van der Waals surface area contributed by atoms with Gasteiger partial charge in [-0.3, -0.25) is 14.4 Å². The van der Waals surface area contributed by atoms with Crippen molar-refractivity contribution in [2.24, 2.45) is 0 Å². The Morgan fingerprint density at radius 3 is 2.26 bits per heavy atom. The van der Waals surface area contributed by atoms with Crippen molar-refractivity contribution in [3.63, 3.8) is 0 Å². The Bertz CT molecular complexity index is 1460. The maximum Gasteiger partial charge on any atom is 0.330 e. The summed E-state index contributed by atoms with van der Waals surface area (Å²) in [4.78, 5) is 59.9. The lowest BCUT2D eigenvalue weighted by atomic mass is 10.1. The van der Waals surface area contributed by atoms with E-state index in [0.717, 1.165) is 16.9 Å². The average molecular weight is 554 g/mol. The summed E-state index contributed by atoms with van der Waals surface area (Å²) in [5.74, 6) is -1.60. The molecule has 1 amide bonds. The Morgan fingerprint density at radius 1 is 0.846 bits per heavy atom. The van der Waals surface area contributed by atoms with E-state index in [2.05, 4.69) is 18.5 Å². The molecule has 204 valence electrons. The van der Waals surface area contributed by atoms with Crippen LogP contribution in [0.1, 0.15) is 12.8 Å². The molecule has 11 heteroatoms. The van der Waals surface area contributed by atoms with Gasteiger partial charge in [0.15, 0.2) is 29.3 Å². The number of fused-ring (bicyclic) bond motifs is 2. The first-order valence-corrected chi connectivity index (χ1v) is 12.8. The van der Waals surface area contributed by atoms with E-state index in [1.807, 2.05) is 12.1 Å². The molecule has 3 aromatic rings. The second-order valence-corrected chi connectivity index (χ2v) is 9.12. The van der Waals surface area contributed by atoms with E-state index in [0.29, 0.717) is 21.9 Å². The third-order valence-electron chi connectivity index (χ3n) is 5.24. The van der Waals surface area contributed by atoms with Crippen molar-refractivity contribution in [1.29, 1.82) is 0 Å². The van der Waals surface area contributed by atoms with Crippen molar-refractivity contribution in [3.8, 4) is 11.5 Å². The summed E-state index contributed by atoms with van der Waals surface area (Å²) >= 11 is 1.38. The number of hydrogen-bond acceptors (Lipinski definition) is 10. The van der Waals surface area contributed by atoms with Crippen LogP contribution in [0, 0.1) is 0 Å². The Labute approximate surface area is 227 Å². The van der Waals surface area contributed by atoms with Crippen molar-refractivity contribution in [3.05, 3.63) is 71.9 Å². The SMILES string of the molecule is C=CC(=O)OCCCC(=O)COc1cc2sc3ccccc3c(=O)c2cc1OCC(=O)NCCOC(=O)C=C. The summed E-state index contributed by atoms with van der Waals surface area (Å²) in [6.45, 7) is 5.99. The van der Waals surface area contributed by atoms with Crippen LogP contribution in [0.2, 0.25) is 0 Å². The Hall–Kier alpha value is -4.51. The first kappa shape index (κ1) is 29.1. The fraction of sp³-hybridized carbons (Fsp3) is 0.250. The van der Waals surface area contributed by atoms with Crippen LogP contribution in [-0.2, 0) is 28.7 Å². The first-order valence-electron chi connectivity index (χ1n) is 11.9. The smallest absolute Gasteiger partial charge is 0.330 e. The molecule has 0 radical (unpaired) electrons. The maximum absolute atomic E-state index is 13.1. The molecular formula is C28H27NO9S. The molecule has 0 aliphatic carbocycles. The second kappa shape index (κ2) is 14.4. The van der Waals surface area contributed by atoms with Gasteiger partial charge >= 0.3 is 11.9 Å². The highest BCUT2D eigenvalue weighted by molar-refractivity contribution is 7.24. The van der Waals surface area contributed by atoms with Gasteiger partial charge in [0.2, 0.25) is 0 Å². The summed E-state index contributed by atoms with van der Waals surface area (Å²) in [6.07, 6.45) is 2.49. The molecule has 1 aromatic heterocycles. The summed E-state index contributed by atoms with van der Waals surface area (Å²) in [6, 6.07) is 10.3. The largest absolute Gasteiger partial charge is 0.482 e. The minimum Gasteiger partial charge on any atom is -0.482 e. The van der Waals surface area contributed by atoms with E-state index >= 15 is 0 Å². The van der Waals surface area contributed by atoms with Crippen LogP contribution in [0.4, 0.5) is 0 Å². The van der Waals surface area contributed by atoms with Crippen LogP contribution in [0.25, 0.3) is 20.2 Å². The molecule has 0 saturated carbocycles. The quantitative estimate of drug-likeness (QED) is 0.130. The van der Waals surface area contributed by atoms with Crippen LogP contribution < -0.4 is 20.2 Å². The predicted molar refractivity (Wildman–Crippen MR) is 146 cm³/mol. The highest BCUT2D eigenvalue weighted by Crippen LogP contribution is 2.35. The molecule has 2 aromatic carbocycles. The topological polar surface area (TPSA) is 134 Å². The summed E-state index contributed by atoms with van der Waals surface area (Å²) in [5.41, 5.74) is -0.200. The van der Waals surface area contributed by atoms with Crippen molar-refractivity contribution in [1.82, 2.24) is 5.32 Å². The molecule has 3 rings (SSSR count). The summed E-state index contributed by atoms with van der Waals surface area (Å²) in [5, 5.41) is 3.48. The van der Waals surface area contributed by atoms with Crippen LogP contribution in [0.3, 0.4) is 0 Å². The lowest BCUT2D eigenvalue weighted by molar-refractivity contribution is -0.139. The molecule has 1 N–H and O–H groups in total. The van der Waals surface area contributed by atoms with Gasteiger partial charge in [-0.15, -0.1) is 11.3 Å². The number of ether oxygens (including phenoxy) is 4. The lowest BCUT2D eigenvalue weighted by Gasteiger charge is -2.14. The number of hydrogen-bond donors (Lipinski definition) is 1. The van der Waals surface area contributed by atoms with Gasteiger partial charge in [0.1, 0.15) is 13.2 Å². The monoisotopic (exact) mass is 553 g/mol. The molecule has 0 saturated heterocycles. The van der Waals surface area contributed by atoms with Gasteiger partial charge in [0, 0.05) is 44.8 Å². The Balaban J connectivity index is 1.73. The molecule has 0 spiro atoms. The van der Waals surface area contributed by atoms with E-state index in [9.17, 15) is 24.0 Å². The molecule has 0 atom stereocenters. The predicted octanol–water partition coefficient (Wildman–Crippen LogP) is 3.10. The third-order valence-corrected chi connectivity index (χ3v) is 6.37. The number of nitrogens with one attached hydrogen (secondary N) is 1. The Kier molecular flexibility index (Phi) is 10.8. The van der Waals surface area contributed by atoms with Crippen molar-refractivity contribution >= 4 is 55.1 Å². The fourth-order valence-electron chi connectivity index (χ4n) is 3.36. The van der Waals surface area contributed by atoms with E-state index in [1.165, 1.54) is 17.4 Å². The third kappa shape index (κ3) is 8.50. The van der Waals surface area contributed by atoms with Gasteiger partial charge in [-0.25, -0.2) is 9.59 Å². The summed E-state index contributed by atoms with van der Waals surface area (Å²) < 4.78 is 22.5. The summed E-state index contributed by atoms with van der Waals surface area (Å²) in [7, 11) is 0. The van der Waals surface area contributed by atoms with Gasteiger partial charge in [-0.2, -0.15) is 0 Å². The number of carbonyl (C=O) groups is 4. The highest BCUT2D eigenvalue weighted by Gasteiger charge is 2.16. The number of ketones is 1. The van der Waals surface area contributed by atoms with E-state index in [4.69, 9.17) is 18.9 Å². The molecule has 0 unspecified atom stereocenters. The lowest BCUT2D eigenvalue weighted by Crippen LogP contribution is -2.32. The van der Waals surface area contributed by atoms with Crippen LogP contribution in [0.5, 0.6) is 11.5 Å². The molecule has 0 bridgehead atoms. The van der Waals surface area contributed by atoms with Crippen molar-refractivity contribution in [2.45, 2.75) is 12.8 Å². The Morgan fingerprint density at radius 2 is 1.51 bits per heavy atom. The highest BCUT2D eigenvalue weighted by atomic mass is 32.1. The first-order chi connectivity index (χ1) is 18.8. The maximum atomic E-state index is 13.1. The molecular weight excluding hydrogens is 526 g/mol. The number of rotatable bonds is 15. The number of esters is 2. The fourth-order valence-corrected chi connectivity index (χ4v) is 4.44. The van der Waals surface area contributed by atoms with Crippen LogP contribution in [0.15, 0.2) is 66.5 Å². The molecule has 0 fully saturated rings. The van der Waals surface area contributed by atoms with E-state index in [1.54, 1.807) is 18.2 Å². The molecule has 0 aliphatic rings. The number of amides is 1. The number of benzene rings is 2. The minimum atomic E-state index is -0.604. The van der Waals surface area contributed by atoms with Gasteiger partial charge in [0.05, 0.1) is 13.2 Å². The zero-order valence-electron chi connectivity index (χ0n) is 21.1. The molecule has 0 aliphatic heterocycles. The molecule has 10 nitrogen and oxygen atoms in total. The minimum absolute atomic E-state index is 0.0379. The van der Waals surface area contributed by atoms with Crippen LogP contribution in [-0.4, -0.2) is 56.6 Å². The van der Waals surface area contributed by atoms with Gasteiger partial charge < -0.3 is 24.3 Å². The van der Waals surface area contributed by atoms with Gasteiger partial charge in [-0.05, 0) is 24.6 Å². The zero-order chi connectivity index (χ0) is 28.2. The average Bonchev–Trinajstić information content (AvgIpc) is 2.95. The van der Waals surface area contributed by atoms with Gasteiger partial charge in [-0.1, -0.05) is 25.3 Å². The van der Waals surface area contributed by atoms with Crippen LogP contribution >= 0.6 is 11.3 Å². The molecule has 39 heavy (non-hydrogen) atoms. The number of Topliss-reactive ketones (excluding diaryl/α,β-unsaturated/α-hetero) is 1. The standard InChI is InChI=1S/C28H27NO9S/c1-3-26(32)35-12-7-8-18(30)16-37-22-15-24-20(28(34)19-9-5-6-10-23(19)39-24)14-21(22)38-17-25(31)29-11-13-36-27(33)4-2/h3-6,9-10,14-15H,1-2,7-8,11-13,16-17H2,(H,29,31). The van der Waals surface area contributed by atoms with Crippen molar-refractivity contribution in [2.75, 3.05) is 33.0 Å².